The molecule has 1 aromatic carbocycles. The number of hydrogen-bond acceptors (Lipinski definition) is 2. The predicted molar refractivity (Wildman–Crippen MR) is 52.4 cm³/mol. The quantitative estimate of drug-likeness (QED) is 0.671. The van der Waals surface area contributed by atoms with Crippen molar-refractivity contribution >= 4 is 28.3 Å². The topological polar surface area (TPSA) is 65.6 Å². The van der Waals surface area contributed by atoms with E-state index in [0.717, 1.165) is 10.9 Å². The number of benzene rings is 1. The van der Waals surface area contributed by atoms with Crippen LogP contribution in [0.3, 0.4) is 0 Å². The summed E-state index contributed by atoms with van der Waals surface area (Å²) in [7, 11) is 0. The molecular formula is C9H6ClN3. The lowest BCUT2D eigenvalue weighted by Gasteiger charge is -1.89. The summed E-state index contributed by atoms with van der Waals surface area (Å²) in [6, 6.07) is 7.30. The molecule has 0 saturated carbocycles. The normalized spacial score (nSPS) is 10.2. The van der Waals surface area contributed by atoms with E-state index in [2.05, 4.69) is 4.98 Å². The zero-order chi connectivity index (χ0) is 9.42. The van der Waals surface area contributed by atoms with Crippen LogP contribution in [0, 0.1) is 11.3 Å². The molecule has 0 spiro atoms. The maximum Gasteiger partial charge on any atom is 0.119 e. The van der Waals surface area contributed by atoms with Crippen molar-refractivity contribution in [3.63, 3.8) is 0 Å². The van der Waals surface area contributed by atoms with Crippen LogP contribution < -0.4 is 5.73 Å². The number of nitrogens with one attached hydrogen (secondary N) is 1. The largest absolute Gasteiger partial charge is 0.384 e. The van der Waals surface area contributed by atoms with Gasteiger partial charge in [-0.1, -0.05) is 11.6 Å². The van der Waals surface area contributed by atoms with E-state index in [1.165, 1.54) is 0 Å². The fourth-order valence-electron chi connectivity index (χ4n) is 1.31. The minimum Gasteiger partial charge on any atom is -0.384 e. The fraction of sp³-hybridized carbons (Fsp3) is 0. The Kier molecular flexibility index (Phi) is 1.64. The molecule has 0 amide bonds. The second-order valence-electron chi connectivity index (χ2n) is 2.72. The smallest absolute Gasteiger partial charge is 0.119 e. The predicted octanol–water partition coefficient (Wildman–Crippen LogP) is 2.28. The van der Waals surface area contributed by atoms with Crippen LogP contribution >= 0.6 is 11.6 Å². The molecule has 0 radical (unpaired) electrons. The Morgan fingerprint density at radius 1 is 1.46 bits per heavy atom. The highest BCUT2D eigenvalue weighted by atomic mass is 35.5. The molecule has 2 aromatic rings. The van der Waals surface area contributed by atoms with Crippen LogP contribution in [-0.2, 0) is 0 Å². The third-order valence-corrected chi connectivity index (χ3v) is 2.14. The SMILES string of the molecule is N#Cc1c(N)[nH]c2cc(Cl)ccc12. The second kappa shape index (κ2) is 2.68. The van der Waals surface area contributed by atoms with Gasteiger partial charge in [-0.2, -0.15) is 5.26 Å². The van der Waals surface area contributed by atoms with Crippen LogP contribution in [0.15, 0.2) is 18.2 Å². The third-order valence-electron chi connectivity index (χ3n) is 1.90. The Morgan fingerprint density at radius 2 is 2.23 bits per heavy atom. The van der Waals surface area contributed by atoms with E-state index in [1.807, 2.05) is 6.07 Å². The van der Waals surface area contributed by atoms with Gasteiger partial charge in [0.15, 0.2) is 0 Å². The van der Waals surface area contributed by atoms with E-state index in [-0.39, 0.29) is 0 Å². The maximum atomic E-state index is 8.79. The summed E-state index contributed by atoms with van der Waals surface area (Å²) in [4.78, 5) is 2.89. The summed E-state index contributed by atoms with van der Waals surface area (Å²) < 4.78 is 0. The number of nitrogens with two attached hydrogens (primary N) is 1. The lowest BCUT2D eigenvalue weighted by Crippen LogP contribution is -1.85. The van der Waals surface area contributed by atoms with Crippen LogP contribution in [0.4, 0.5) is 5.82 Å². The number of aromatic nitrogens is 1. The molecule has 0 atom stereocenters. The van der Waals surface area contributed by atoms with Gasteiger partial charge in [0.2, 0.25) is 0 Å². The molecule has 0 bridgehead atoms. The summed E-state index contributed by atoms with van der Waals surface area (Å²) in [6.07, 6.45) is 0. The number of fused-ring (bicyclic) bond motifs is 1. The molecule has 3 nitrogen and oxygen atoms in total. The van der Waals surface area contributed by atoms with Crippen LogP contribution in [0.25, 0.3) is 10.9 Å². The molecule has 0 saturated heterocycles. The average Bonchev–Trinajstić information content (AvgIpc) is 2.39. The number of rotatable bonds is 0. The van der Waals surface area contributed by atoms with E-state index < -0.39 is 0 Å². The second-order valence-corrected chi connectivity index (χ2v) is 3.15. The Labute approximate surface area is 79.7 Å². The van der Waals surface area contributed by atoms with Crippen LogP contribution in [-0.4, -0.2) is 4.98 Å². The van der Waals surface area contributed by atoms with Crippen molar-refractivity contribution in [2.45, 2.75) is 0 Å². The Morgan fingerprint density at radius 3 is 2.92 bits per heavy atom. The van der Waals surface area contributed by atoms with Crippen molar-refractivity contribution in [3.8, 4) is 6.07 Å². The number of nitriles is 1. The highest BCUT2D eigenvalue weighted by molar-refractivity contribution is 6.31. The van der Waals surface area contributed by atoms with Crippen molar-refractivity contribution in [2.24, 2.45) is 0 Å². The number of nitrogens with zero attached hydrogens (tertiary/aromatic N) is 1. The molecule has 0 aliphatic carbocycles. The Hall–Kier alpha value is -1.66. The molecular weight excluding hydrogens is 186 g/mol. The number of H-pyrrole nitrogens is 1. The minimum atomic E-state index is 0.389. The fourth-order valence-corrected chi connectivity index (χ4v) is 1.48. The Bertz CT molecular complexity index is 507. The van der Waals surface area contributed by atoms with Crippen molar-refractivity contribution in [3.05, 3.63) is 28.8 Å². The van der Waals surface area contributed by atoms with Crippen molar-refractivity contribution in [1.29, 1.82) is 5.26 Å². The average molecular weight is 192 g/mol. The molecule has 13 heavy (non-hydrogen) atoms. The maximum absolute atomic E-state index is 8.79. The first-order chi connectivity index (χ1) is 6.22. The summed E-state index contributed by atoms with van der Waals surface area (Å²) in [6.45, 7) is 0. The van der Waals surface area contributed by atoms with Crippen molar-refractivity contribution in [2.75, 3.05) is 5.73 Å². The zero-order valence-corrected chi connectivity index (χ0v) is 7.39. The molecule has 0 fully saturated rings. The summed E-state index contributed by atoms with van der Waals surface area (Å²) >= 11 is 5.78. The first-order valence-electron chi connectivity index (χ1n) is 3.69. The van der Waals surface area contributed by atoms with Gasteiger partial charge in [-0.25, -0.2) is 0 Å². The van der Waals surface area contributed by atoms with Gasteiger partial charge < -0.3 is 10.7 Å². The third kappa shape index (κ3) is 1.12. The van der Waals surface area contributed by atoms with Gasteiger partial charge >= 0.3 is 0 Å². The highest BCUT2D eigenvalue weighted by Crippen LogP contribution is 2.25. The van der Waals surface area contributed by atoms with Gasteiger partial charge in [0.25, 0.3) is 0 Å². The summed E-state index contributed by atoms with van der Waals surface area (Å²) in [5, 5.41) is 10.2. The van der Waals surface area contributed by atoms with E-state index in [9.17, 15) is 0 Å². The number of halogens is 1. The lowest BCUT2D eigenvalue weighted by molar-refractivity contribution is 1.45. The molecule has 0 aliphatic heterocycles. The highest BCUT2D eigenvalue weighted by Gasteiger charge is 2.07. The monoisotopic (exact) mass is 191 g/mol. The van der Waals surface area contributed by atoms with E-state index in [0.29, 0.717) is 16.4 Å². The van der Waals surface area contributed by atoms with Crippen LogP contribution in [0.1, 0.15) is 5.56 Å². The van der Waals surface area contributed by atoms with Crippen LogP contribution in [0.5, 0.6) is 0 Å². The molecule has 2 rings (SSSR count). The van der Waals surface area contributed by atoms with Gasteiger partial charge in [-0.05, 0) is 18.2 Å². The molecule has 4 heteroatoms. The standard InChI is InChI=1S/C9H6ClN3/c10-5-1-2-6-7(4-11)9(12)13-8(6)3-5/h1-3,13H,12H2. The molecule has 1 heterocycles. The Balaban J connectivity index is 2.88. The summed E-state index contributed by atoms with van der Waals surface area (Å²) in [5.41, 5.74) is 6.86. The van der Waals surface area contributed by atoms with Crippen molar-refractivity contribution < 1.29 is 0 Å². The number of aromatic amines is 1. The van der Waals surface area contributed by atoms with E-state index >= 15 is 0 Å². The first-order valence-corrected chi connectivity index (χ1v) is 4.07. The van der Waals surface area contributed by atoms with Crippen LogP contribution in [0.2, 0.25) is 5.02 Å². The van der Waals surface area contributed by atoms with E-state index in [4.69, 9.17) is 22.6 Å². The van der Waals surface area contributed by atoms with Gasteiger partial charge in [0.05, 0.1) is 0 Å². The molecule has 64 valence electrons. The van der Waals surface area contributed by atoms with Gasteiger partial charge in [0.1, 0.15) is 17.5 Å². The molecule has 3 N–H and O–H groups in total. The number of anilines is 1. The minimum absolute atomic E-state index is 0.389. The van der Waals surface area contributed by atoms with Gasteiger partial charge in [-0.3, -0.25) is 0 Å². The number of hydrogen-bond donors (Lipinski definition) is 2. The molecule has 0 unspecified atom stereocenters. The molecule has 0 aliphatic rings. The lowest BCUT2D eigenvalue weighted by atomic mass is 10.2. The number of nitrogen functional groups attached to an aromatic ring is 1. The zero-order valence-electron chi connectivity index (χ0n) is 6.63. The van der Waals surface area contributed by atoms with Gasteiger partial charge in [-0.15, -0.1) is 0 Å². The van der Waals surface area contributed by atoms with E-state index in [1.54, 1.807) is 18.2 Å². The van der Waals surface area contributed by atoms with Gasteiger partial charge in [0, 0.05) is 15.9 Å². The van der Waals surface area contributed by atoms with Crippen molar-refractivity contribution in [1.82, 2.24) is 4.98 Å². The first kappa shape index (κ1) is 7.96. The molecule has 1 aromatic heterocycles. The summed E-state index contributed by atoms with van der Waals surface area (Å²) in [5.74, 6) is 0.389.